The van der Waals surface area contributed by atoms with E-state index in [0.717, 1.165) is 5.92 Å². The standard InChI is InChI=1S/C16H33/c1-9-14(16(6,7)8)12-10-11-13(2)15(3,4)5/h13-14H,2,9-12H2,1,3-8H3. The highest BCUT2D eigenvalue weighted by Crippen LogP contribution is 2.35. The van der Waals surface area contributed by atoms with Crippen LogP contribution in [-0.2, 0) is 0 Å². The predicted molar refractivity (Wildman–Crippen MR) is 75.4 cm³/mol. The molecule has 0 aliphatic carbocycles. The quantitative estimate of drug-likeness (QED) is 0.561. The smallest absolute Gasteiger partial charge is 0.0354 e. The van der Waals surface area contributed by atoms with Gasteiger partial charge in [-0.2, -0.15) is 0 Å². The Balaban J connectivity index is 3.98. The van der Waals surface area contributed by atoms with Gasteiger partial charge in [-0.25, -0.2) is 0 Å². The molecule has 0 heterocycles. The molecular formula is C16H33. The van der Waals surface area contributed by atoms with Gasteiger partial charge in [-0.1, -0.05) is 61.3 Å². The van der Waals surface area contributed by atoms with Gasteiger partial charge in [-0.05, 0) is 42.4 Å². The topological polar surface area (TPSA) is 0 Å². The van der Waals surface area contributed by atoms with Crippen LogP contribution in [0.15, 0.2) is 0 Å². The summed E-state index contributed by atoms with van der Waals surface area (Å²) in [5.74, 6) is 1.45. The summed E-state index contributed by atoms with van der Waals surface area (Å²) in [6.07, 6.45) is 5.28. The minimum atomic E-state index is 0.365. The van der Waals surface area contributed by atoms with Crippen molar-refractivity contribution in [2.45, 2.75) is 74.1 Å². The Labute approximate surface area is 104 Å². The molecule has 0 saturated heterocycles. The molecular weight excluding hydrogens is 192 g/mol. The number of hydrogen-bond acceptors (Lipinski definition) is 0. The highest BCUT2D eigenvalue weighted by Gasteiger charge is 2.24. The molecule has 0 rings (SSSR count). The average molecular weight is 225 g/mol. The maximum absolute atomic E-state index is 4.29. The molecule has 0 N–H and O–H groups in total. The molecule has 1 radical (unpaired) electrons. The second-order valence-corrected chi connectivity index (χ2v) is 7.47. The lowest BCUT2D eigenvalue weighted by atomic mass is 9.74. The van der Waals surface area contributed by atoms with Gasteiger partial charge in [0.1, 0.15) is 0 Å². The van der Waals surface area contributed by atoms with Crippen LogP contribution in [-0.4, -0.2) is 0 Å². The third kappa shape index (κ3) is 5.92. The third-order valence-corrected chi connectivity index (χ3v) is 4.05. The van der Waals surface area contributed by atoms with Crippen molar-refractivity contribution >= 4 is 0 Å². The zero-order valence-electron chi connectivity index (χ0n) is 12.7. The average Bonchev–Trinajstić information content (AvgIpc) is 2.08. The van der Waals surface area contributed by atoms with Crippen molar-refractivity contribution in [2.75, 3.05) is 0 Å². The molecule has 0 bridgehead atoms. The van der Waals surface area contributed by atoms with Gasteiger partial charge in [0.15, 0.2) is 0 Å². The van der Waals surface area contributed by atoms with Crippen molar-refractivity contribution in [1.29, 1.82) is 0 Å². The van der Waals surface area contributed by atoms with E-state index in [2.05, 4.69) is 55.4 Å². The number of hydrogen-bond donors (Lipinski definition) is 0. The van der Waals surface area contributed by atoms with Crippen LogP contribution in [0.1, 0.15) is 74.1 Å². The van der Waals surface area contributed by atoms with Crippen LogP contribution in [0.2, 0.25) is 0 Å². The lowest BCUT2D eigenvalue weighted by molar-refractivity contribution is 0.200. The van der Waals surface area contributed by atoms with Gasteiger partial charge >= 0.3 is 0 Å². The second-order valence-electron chi connectivity index (χ2n) is 7.47. The Morgan fingerprint density at radius 3 is 1.69 bits per heavy atom. The van der Waals surface area contributed by atoms with Crippen molar-refractivity contribution < 1.29 is 0 Å². The second kappa shape index (κ2) is 6.07. The number of rotatable bonds is 5. The molecule has 0 saturated carbocycles. The molecule has 0 fully saturated rings. The fourth-order valence-electron chi connectivity index (χ4n) is 2.29. The van der Waals surface area contributed by atoms with E-state index in [9.17, 15) is 0 Å². The summed E-state index contributed by atoms with van der Waals surface area (Å²) in [6.45, 7) is 20.6. The Bertz CT molecular complexity index is 177. The molecule has 0 nitrogen and oxygen atoms in total. The molecule has 16 heavy (non-hydrogen) atoms. The van der Waals surface area contributed by atoms with Gasteiger partial charge in [-0.3, -0.25) is 0 Å². The van der Waals surface area contributed by atoms with Crippen LogP contribution < -0.4 is 0 Å². The van der Waals surface area contributed by atoms with Gasteiger partial charge in [0, 0.05) is 0 Å². The van der Waals surface area contributed by atoms with Crippen LogP contribution in [0, 0.1) is 29.6 Å². The summed E-state index contributed by atoms with van der Waals surface area (Å²) in [7, 11) is 0. The van der Waals surface area contributed by atoms with Gasteiger partial charge < -0.3 is 0 Å². The van der Waals surface area contributed by atoms with Crippen LogP contribution in [0.5, 0.6) is 0 Å². The fraction of sp³-hybridized carbons (Fsp3) is 0.938. The van der Waals surface area contributed by atoms with Crippen LogP contribution in [0.3, 0.4) is 0 Å². The lowest BCUT2D eigenvalue weighted by Crippen LogP contribution is -2.21. The maximum atomic E-state index is 4.29. The van der Waals surface area contributed by atoms with E-state index in [1.165, 1.54) is 25.7 Å². The van der Waals surface area contributed by atoms with Crippen molar-refractivity contribution in [3.05, 3.63) is 6.92 Å². The Morgan fingerprint density at radius 1 is 0.875 bits per heavy atom. The van der Waals surface area contributed by atoms with Crippen LogP contribution >= 0.6 is 0 Å². The van der Waals surface area contributed by atoms with E-state index in [1.54, 1.807) is 0 Å². The summed E-state index contributed by atoms with van der Waals surface area (Å²) >= 11 is 0. The van der Waals surface area contributed by atoms with E-state index in [0.29, 0.717) is 16.7 Å². The minimum absolute atomic E-state index is 0.365. The fourth-order valence-corrected chi connectivity index (χ4v) is 2.29. The van der Waals surface area contributed by atoms with Crippen LogP contribution in [0.25, 0.3) is 0 Å². The minimum Gasteiger partial charge on any atom is -0.0651 e. The van der Waals surface area contributed by atoms with Crippen molar-refractivity contribution in [3.8, 4) is 0 Å². The zero-order chi connectivity index (χ0) is 13.0. The first kappa shape index (κ1) is 16.0. The Kier molecular flexibility index (Phi) is 6.07. The highest BCUT2D eigenvalue weighted by atomic mass is 14.3. The maximum Gasteiger partial charge on any atom is -0.0354 e. The molecule has 0 aromatic rings. The molecule has 2 unspecified atom stereocenters. The highest BCUT2D eigenvalue weighted by molar-refractivity contribution is 4.78. The van der Waals surface area contributed by atoms with Gasteiger partial charge in [-0.15, -0.1) is 0 Å². The van der Waals surface area contributed by atoms with Crippen molar-refractivity contribution in [2.24, 2.45) is 22.7 Å². The van der Waals surface area contributed by atoms with E-state index in [-0.39, 0.29) is 0 Å². The largest absolute Gasteiger partial charge is 0.0651 e. The molecule has 0 aromatic carbocycles. The summed E-state index contributed by atoms with van der Waals surface area (Å²) in [5, 5.41) is 0. The van der Waals surface area contributed by atoms with E-state index in [1.807, 2.05) is 0 Å². The lowest BCUT2D eigenvalue weighted by Gasteiger charge is -2.31. The molecule has 2 atom stereocenters. The van der Waals surface area contributed by atoms with Gasteiger partial charge in [0.05, 0.1) is 0 Å². The SMILES string of the molecule is [CH2]C(CCCC(CC)C(C)(C)C)C(C)(C)C. The summed E-state index contributed by atoms with van der Waals surface area (Å²) in [5.41, 5.74) is 0.830. The van der Waals surface area contributed by atoms with Gasteiger partial charge in [0.25, 0.3) is 0 Å². The summed E-state index contributed by atoms with van der Waals surface area (Å²) in [6, 6.07) is 0. The molecule has 0 spiro atoms. The molecule has 0 aromatic heterocycles. The Morgan fingerprint density at radius 2 is 1.38 bits per heavy atom. The first-order valence-corrected chi connectivity index (χ1v) is 6.92. The first-order chi connectivity index (χ1) is 7.09. The summed E-state index contributed by atoms with van der Waals surface area (Å²) < 4.78 is 0. The molecule has 0 amide bonds. The molecule has 0 aliphatic heterocycles. The summed E-state index contributed by atoms with van der Waals surface area (Å²) in [4.78, 5) is 0. The van der Waals surface area contributed by atoms with Crippen molar-refractivity contribution in [1.82, 2.24) is 0 Å². The third-order valence-electron chi connectivity index (χ3n) is 4.05. The predicted octanol–water partition coefficient (Wildman–Crippen LogP) is 5.73. The van der Waals surface area contributed by atoms with E-state index < -0.39 is 0 Å². The van der Waals surface area contributed by atoms with Crippen LogP contribution in [0.4, 0.5) is 0 Å². The first-order valence-electron chi connectivity index (χ1n) is 6.92. The normalized spacial score (nSPS) is 17.2. The van der Waals surface area contributed by atoms with E-state index >= 15 is 0 Å². The monoisotopic (exact) mass is 225 g/mol. The molecule has 0 heteroatoms. The van der Waals surface area contributed by atoms with Crippen molar-refractivity contribution in [3.63, 3.8) is 0 Å². The molecule has 97 valence electrons. The Hall–Kier alpha value is 0. The molecule has 0 aliphatic rings. The van der Waals surface area contributed by atoms with Gasteiger partial charge in [0.2, 0.25) is 0 Å². The van der Waals surface area contributed by atoms with E-state index in [4.69, 9.17) is 0 Å². The zero-order valence-corrected chi connectivity index (χ0v) is 12.7.